The van der Waals surface area contributed by atoms with Crippen molar-refractivity contribution in [3.63, 3.8) is 0 Å². The minimum Gasteiger partial charge on any atom is -0.475 e. The van der Waals surface area contributed by atoms with E-state index in [-0.39, 0.29) is 5.82 Å². The molecule has 196 valence electrons. The molecule has 0 aliphatic heterocycles. The van der Waals surface area contributed by atoms with E-state index in [4.69, 9.17) is 25.5 Å². The van der Waals surface area contributed by atoms with Crippen LogP contribution in [0.1, 0.15) is 22.4 Å². The fourth-order valence-corrected chi connectivity index (χ4v) is 3.33. The highest BCUT2D eigenvalue weighted by Gasteiger charge is 2.38. The van der Waals surface area contributed by atoms with Gasteiger partial charge in [0, 0.05) is 16.8 Å². The highest BCUT2D eigenvalue weighted by molar-refractivity contribution is 5.86. The number of nitrogens with two attached hydrogens (primary N) is 1. The first-order valence-electron chi connectivity index (χ1n) is 10.0. The molecule has 4 rings (SSSR count). The number of halogens is 6. The van der Waals surface area contributed by atoms with Gasteiger partial charge in [0.15, 0.2) is 0 Å². The van der Waals surface area contributed by atoms with Crippen LogP contribution in [0.25, 0.3) is 22.4 Å². The number of carboxylic acids is 2. The number of fused-ring (bicyclic) bond motifs is 3. The van der Waals surface area contributed by atoms with Gasteiger partial charge in [-0.3, -0.25) is 5.10 Å². The van der Waals surface area contributed by atoms with E-state index in [1.54, 1.807) is 6.20 Å². The van der Waals surface area contributed by atoms with Crippen molar-refractivity contribution in [1.82, 2.24) is 15.2 Å². The molecule has 0 bridgehead atoms. The maximum absolute atomic E-state index is 10.6. The first kappa shape index (κ1) is 28.6. The van der Waals surface area contributed by atoms with Crippen LogP contribution in [0.4, 0.5) is 32.2 Å². The summed E-state index contributed by atoms with van der Waals surface area (Å²) in [6, 6.07) is 10.3. The first-order valence-corrected chi connectivity index (χ1v) is 10.0. The molecule has 0 saturated carbocycles. The lowest BCUT2D eigenvalue weighted by Crippen LogP contribution is -2.21. The number of rotatable bonds is 1. The second kappa shape index (κ2) is 11.0. The molecule has 0 saturated heterocycles. The minimum atomic E-state index is -5.08. The van der Waals surface area contributed by atoms with Crippen LogP contribution in [0.15, 0.2) is 30.5 Å². The van der Waals surface area contributed by atoms with Gasteiger partial charge in [0.25, 0.3) is 0 Å². The van der Waals surface area contributed by atoms with Crippen molar-refractivity contribution in [2.24, 2.45) is 0 Å². The van der Waals surface area contributed by atoms with Crippen LogP contribution in [-0.2, 0) is 22.4 Å². The number of anilines is 1. The fraction of sp³-hybridized carbons (Fsp3) is 0.227. The van der Waals surface area contributed by atoms with Crippen molar-refractivity contribution in [3.8, 4) is 28.5 Å². The molecule has 2 aromatic heterocycles. The molecule has 1 aliphatic rings. The SMILES string of the molecule is Cc1ccccc1-c1c(C#N)c(N)nc2c1CCc1[nH]ncc1-2.O=C(O)C(F)(F)F.O=C(O)C(F)(F)F. The maximum atomic E-state index is 10.6. The normalized spacial score (nSPS) is 11.9. The molecule has 9 nitrogen and oxygen atoms in total. The minimum absolute atomic E-state index is 0.276. The van der Waals surface area contributed by atoms with Crippen LogP contribution in [0.3, 0.4) is 0 Å². The summed E-state index contributed by atoms with van der Waals surface area (Å²) in [4.78, 5) is 22.3. The molecule has 1 aromatic carbocycles. The summed E-state index contributed by atoms with van der Waals surface area (Å²) in [7, 11) is 0. The Morgan fingerprint density at radius 3 is 2.05 bits per heavy atom. The third-order valence-corrected chi connectivity index (χ3v) is 4.94. The number of alkyl halides is 6. The molecule has 0 fully saturated rings. The lowest BCUT2D eigenvalue weighted by atomic mass is 9.84. The molecule has 15 heteroatoms. The number of aromatic nitrogens is 3. The summed E-state index contributed by atoms with van der Waals surface area (Å²) in [5.41, 5.74) is 13.6. The highest BCUT2D eigenvalue weighted by atomic mass is 19.4. The first-order chi connectivity index (χ1) is 17.1. The van der Waals surface area contributed by atoms with E-state index < -0.39 is 24.3 Å². The number of carboxylic acid groups (broad SMARTS) is 2. The van der Waals surface area contributed by atoms with E-state index in [1.165, 1.54) is 0 Å². The van der Waals surface area contributed by atoms with Gasteiger partial charge in [0.1, 0.15) is 17.5 Å². The van der Waals surface area contributed by atoms with Crippen molar-refractivity contribution in [2.75, 3.05) is 5.73 Å². The topological polar surface area (TPSA) is 166 Å². The molecule has 0 unspecified atom stereocenters. The van der Waals surface area contributed by atoms with Crippen molar-refractivity contribution in [3.05, 3.63) is 52.8 Å². The van der Waals surface area contributed by atoms with Crippen LogP contribution >= 0.6 is 0 Å². The number of nitriles is 1. The van der Waals surface area contributed by atoms with Crippen LogP contribution in [0, 0.1) is 18.3 Å². The van der Waals surface area contributed by atoms with Gasteiger partial charge in [-0.15, -0.1) is 0 Å². The number of H-pyrrole nitrogens is 1. The van der Waals surface area contributed by atoms with Gasteiger partial charge in [-0.05, 0) is 36.5 Å². The van der Waals surface area contributed by atoms with Crippen LogP contribution in [0.5, 0.6) is 0 Å². The second-order valence-corrected chi connectivity index (χ2v) is 7.37. The van der Waals surface area contributed by atoms with Gasteiger partial charge >= 0.3 is 24.3 Å². The van der Waals surface area contributed by atoms with Crippen molar-refractivity contribution in [1.29, 1.82) is 5.26 Å². The van der Waals surface area contributed by atoms with Gasteiger partial charge in [0.05, 0.1) is 11.9 Å². The Labute approximate surface area is 204 Å². The van der Waals surface area contributed by atoms with Gasteiger partial charge in [-0.2, -0.15) is 36.7 Å². The summed E-state index contributed by atoms with van der Waals surface area (Å²) in [5.74, 6) is -5.24. The lowest BCUT2D eigenvalue weighted by Gasteiger charge is -2.21. The molecule has 3 aromatic rings. The van der Waals surface area contributed by atoms with Crippen molar-refractivity contribution < 1.29 is 46.1 Å². The number of pyridine rings is 1. The number of hydrogen-bond donors (Lipinski definition) is 4. The number of benzene rings is 1. The molecule has 0 amide bonds. The highest BCUT2D eigenvalue weighted by Crippen LogP contribution is 2.41. The molecule has 0 radical (unpaired) electrons. The quantitative estimate of drug-likeness (QED) is 0.339. The Morgan fingerprint density at radius 2 is 1.57 bits per heavy atom. The van der Waals surface area contributed by atoms with Gasteiger partial charge in [-0.1, -0.05) is 24.3 Å². The molecule has 2 heterocycles. The lowest BCUT2D eigenvalue weighted by molar-refractivity contribution is -0.193. The van der Waals surface area contributed by atoms with Crippen LogP contribution < -0.4 is 5.73 Å². The zero-order valence-electron chi connectivity index (χ0n) is 18.7. The van der Waals surface area contributed by atoms with Crippen molar-refractivity contribution >= 4 is 17.8 Å². The number of carbonyl (C=O) groups is 2. The molecule has 37 heavy (non-hydrogen) atoms. The monoisotopic (exact) mass is 529 g/mol. The largest absolute Gasteiger partial charge is 0.490 e. The summed E-state index contributed by atoms with van der Waals surface area (Å²) in [5, 5.41) is 31.0. The van der Waals surface area contributed by atoms with Gasteiger partial charge in [0.2, 0.25) is 0 Å². The maximum Gasteiger partial charge on any atom is 0.490 e. The van der Waals surface area contributed by atoms with E-state index in [2.05, 4.69) is 21.3 Å². The molecule has 0 spiro atoms. The number of aryl methyl sites for hydroxylation is 2. The molecule has 1 aliphatic carbocycles. The number of aromatic amines is 1. The van der Waals surface area contributed by atoms with E-state index in [0.29, 0.717) is 5.56 Å². The van der Waals surface area contributed by atoms with Crippen LogP contribution in [-0.4, -0.2) is 49.7 Å². The zero-order valence-corrected chi connectivity index (χ0v) is 18.7. The Hall–Kier alpha value is -4.61. The third kappa shape index (κ3) is 6.75. The molecular weight excluding hydrogens is 512 g/mol. The molecular formula is C22H17F6N5O4. The predicted molar refractivity (Wildman–Crippen MR) is 116 cm³/mol. The van der Waals surface area contributed by atoms with Gasteiger partial charge in [-0.25, -0.2) is 14.6 Å². The van der Waals surface area contributed by atoms with Gasteiger partial charge < -0.3 is 15.9 Å². The summed E-state index contributed by atoms with van der Waals surface area (Å²) < 4.78 is 63.5. The number of nitrogens with one attached hydrogen (secondary N) is 1. The van der Waals surface area contributed by atoms with E-state index in [9.17, 15) is 31.6 Å². The Morgan fingerprint density at radius 1 is 1.03 bits per heavy atom. The Balaban J connectivity index is 0.000000286. The smallest absolute Gasteiger partial charge is 0.475 e. The number of hydrogen-bond acceptors (Lipinski definition) is 6. The molecule has 0 atom stereocenters. The van der Waals surface area contributed by atoms with E-state index >= 15 is 0 Å². The van der Waals surface area contributed by atoms with Crippen molar-refractivity contribution in [2.45, 2.75) is 32.1 Å². The fourth-order valence-electron chi connectivity index (χ4n) is 3.33. The summed E-state index contributed by atoms with van der Waals surface area (Å²) in [6.45, 7) is 2.05. The summed E-state index contributed by atoms with van der Waals surface area (Å²) >= 11 is 0. The number of nitrogens with zero attached hydrogens (tertiary/aromatic N) is 3. The predicted octanol–water partition coefficient (Wildman–Crippen LogP) is 4.27. The molecule has 5 N–H and O–H groups in total. The third-order valence-electron chi connectivity index (χ3n) is 4.94. The zero-order chi connectivity index (χ0) is 28.1. The van der Waals surface area contributed by atoms with Crippen LogP contribution in [0.2, 0.25) is 0 Å². The van der Waals surface area contributed by atoms with E-state index in [1.807, 2.05) is 31.2 Å². The average molecular weight is 529 g/mol. The number of aliphatic carboxylic acids is 2. The summed E-state index contributed by atoms with van der Waals surface area (Å²) in [6.07, 6.45) is -6.71. The Bertz CT molecular complexity index is 1340. The number of nitrogen functional groups attached to an aromatic ring is 1. The van der Waals surface area contributed by atoms with E-state index in [0.717, 1.165) is 52.0 Å². The standard InChI is InChI=1S/C18H15N5.2C2HF3O2/c1-10-4-2-3-5-11(10)16-12-6-7-15-14(9-21-23-15)17(12)22-18(20)13(16)8-19;2*3-2(4,5)1(6)7/h2-5,9H,6-7H2,1H3,(H2,20,22)(H,21,23);2*(H,6,7). The second-order valence-electron chi connectivity index (χ2n) is 7.37. The Kier molecular flexibility index (Phi) is 8.49. The average Bonchev–Trinajstić information content (AvgIpc) is 3.28.